The normalized spacial score (nSPS) is 15.2. The Balaban J connectivity index is 1.59. The van der Waals surface area contributed by atoms with Crippen molar-refractivity contribution in [1.82, 2.24) is 35.0 Å². The highest BCUT2D eigenvalue weighted by atomic mass is 35.5. The van der Waals surface area contributed by atoms with Gasteiger partial charge in [-0.15, -0.1) is 5.10 Å². The van der Waals surface area contributed by atoms with Crippen LogP contribution in [0.25, 0.3) is 0 Å². The summed E-state index contributed by atoms with van der Waals surface area (Å²) in [5, 5.41) is 11.2. The second-order valence-corrected chi connectivity index (χ2v) is 5.83. The van der Waals surface area contributed by atoms with Gasteiger partial charge in [-0.3, -0.25) is 9.59 Å². The van der Waals surface area contributed by atoms with E-state index in [2.05, 4.69) is 20.5 Å². The Bertz CT molecular complexity index is 704. The third kappa shape index (κ3) is 3.85. The Morgan fingerprint density at radius 2 is 1.92 bits per heavy atom. The average Bonchev–Trinajstić information content (AvgIpc) is 2.96. The van der Waals surface area contributed by atoms with Gasteiger partial charge in [-0.1, -0.05) is 11.6 Å². The first-order valence-electron chi connectivity index (χ1n) is 7.53. The Hall–Kier alpha value is -2.55. The monoisotopic (exact) mass is 349 g/mol. The first kappa shape index (κ1) is 16.3. The lowest BCUT2D eigenvalue weighted by Gasteiger charge is -2.22. The Morgan fingerprint density at radius 1 is 1.12 bits per heavy atom. The summed E-state index contributed by atoms with van der Waals surface area (Å²) in [4.78, 5) is 32.3. The molecule has 0 aliphatic carbocycles. The molecule has 3 heterocycles. The highest BCUT2D eigenvalue weighted by Gasteiger charge is 2.23. The molecule has 0 saturated carbocycles. The fraction of sp³-hybridized carbons (Fsp3) is 0.429. The molecule has 9 nitrogen and oxygen atoms in total. The lowest BCUT2D eigenvalue weighted by atomic mass is 10.3. The number of nitrogens with zero attached hydrogens (tertiary/aromatic N) is 7. The second kappa shape index (κ2) is 7.35. The van der Waals surface area contributed by atoms with E-state index in [-0.39, 0.29) is 18.4 Å². The maximum absolute atomic E-state index is 12.5. The van der Waals surface area contributed by atoms with E-state index >= 15 is 0 Å². The van der Waals surface area contributed by atoms with Crippen LogP contribution in [0, 0.1) is 0 Å². The fourth-order valence-electron chi connectivity index (χ4n) is 2.53. The number of tetrazole rings is 1. The van der Waals surface area contributed by atoms with E-state index in [4.69, 9.17) is 11.6 Å². The topological polar surface area (TPSA) is 97.1 Å². The van der Waals surface area contributed by atoms with Crippen molar-refractivity contribution in [1.29, 1.82) is 0 Å². The van der Waals surface area contributed by atoms with Crippen molar-refractivity contribution < 1.29 is 9.59 Å². The van der Waals surface area contributed by atoms with Crippen molar-refractivity contribution in [2.45, 2.75) is 13.0 Å². The second-order valence-electron chi connectivity index (χ2n) is 5.40. The van der Waals surface area contributed by atoms with Gasteiger partial charge in [-0.05, 0) is 29.0 Å². The minimum Gasteiger partial charge on any atom is -0.339 e. The number of carbonyl (C=O) groups excluding carboxylic acids is 2. The molecule has 0 spiro atoms. The van der Waals surface area contributed by atoms with Gasteiger partial charge < -0.3 is 9.80 Å². The molecule has 0 radical (unpaired) electrons. The lowest BCUT2D eigenvalue weighted by molar-refractivity contribution is -0.131. The molecule has 2 aromatic rings. The van der Waals surface area contributed by atoms with Crippen LogP contribution >= 0.6 is 11.6 Å². The molecule has 126 valence electrons. The minimum atomic E-state index is -0.151. The van der Waals surface area contributed by atoms with Gasteiger partial charge in [-0.25, -0.2) is 9.67 Å². The van der Waals surface area contributed by atoms with Gasteiger partial charge in [0.05, 0.1) is 5.02 Å². The number of aromatic nitrogens is 5. The van der Waals surface area contributed by atoms with E-state index in [0.29, 0.717) is 43.3 Å². The number of hydrogen-bond donors (Lipinski definition) is 0. The van der Waals surface area contributed by atoms with Crippen LogP contribution in [-0.2, 0) is 11.3 Å². The van der Waals surface area contributed by atoms with Crippen LogP contribution in [0.2, 0.25) is 5.02 Å². The van der Waals surface area contributed by atoms with Gasteiger partial charge in [0.1, 0.15) is 18.6 Å². The van der Waals surface area contributed by atoms with Crippen molar-refractivity contribution in [2.75, 3.05) is 26.2 Å². The number of carbonyl (C=O) groups is 2. The molecule has 1 fully saturated rings. The summed E-state index contributed by atoms with van der Waals surface area (Å²) >= 11 is 5.79. The zero-order chi connectivity index (χ0) is 16.9. The molecule has 0 atom stereocenters. The highest BCUT2D eigenvalue weighted by Crippen LogP contribution is 2.11. The molecule has 2 amide bonds. The van der Waals surface area contributed by atoms with Crippen molar-refractivity contribution in [2.24, 2.45) is 0 Å². The van der Waals surface area contributed by atoms with Gasteiger partial charge in [-0.2, -0.15) is 0 Å². The lowest BCUT2D eigenvalue weighted by Crippen LogP contribution is -2.39. The third-order valence-corrected chi connectivity index (χ3v) is 3.99. The van der Waals surface area contributed by atoms with Crippen LogP contribution in [0.3, 0.4) is 0 Å². The van der Waals surface area contributed by atoms with Crippen LogP contribution in [-0.4, -0.2) is 73.0 Å². The molecule has 24 heavy (non-hydrogen) atoms. The molecule has 0 aromatic carbocycles. The van der Waals surface area contributed by atoms with Gasteiger partial charge in [0.2, 0.25) is 5.91 Å². The predicted octanol–water partition coefficient (Wildman–Crippen LogP) is 0.0962. The number of halogens is 1. The molecule has 0 N–H and O–H groups in total. The highest BCUT2D eigenvalue weighted by molar-refractivity contribution is 6.30. The van der Waals surface area contributed by atoms with Crippen LogP contribution in [0.1, 0.15) is 16.9 Å². The molecule has 1 aliphatic rings. The number of amides is 2. The van der Waals surface area contributed by atoms with Gasteiger partial charge in [0, 0.05) is 32.4 Å². The summed E-state index contributed by atoms with van der Waals surface area (Å²) in [5.41, 5.74) is 0.355. The summed E-state index contributed by atoms with van der Waals surface area (Å²) in [5.74, 6) is -0.220. The Kier molecular flexibility index (Phi) is 4.99. The summed E-state index contributed by atoms with van der Waals surface area (Å²) in [6.07, 6.45) is 3.56. The van der Waals surface area contributed by atoms with E-state index in [1.807, 2.05) is 0 Å². The molecule has 2 aromatic heterocycles. The first-order valence-corrected chi connectivity index (χ1v) is 7.90. The quantitative estimate of drug-likeness (QED) is 0.779. The van der Waals surface area contributed by atoms with E-state index in [0.717, 1.165) is 0 Å². The molecular weight excluding hydrogens is 334 g/mol. The Labute approximate surface area is 143 Å². The largest absolute Gasteiger partial charge is 0.339 e. The maximum Gasteiger partial charge on any atom is 0.272 e. The molecule has 0 bridgehead atoms. The molecule has 3 rings (SSSR count). The molecule has 10 heteroatoms. The standard InChI is InChI=1S/C14H16ClN7O2/c15-11-2-3-12(16-8-11)14(24)21-5-1-4-20(6-7-21)13(23)9-22-10-17-18-19-22/h2-3,8,10H,1,4-7,9H2. The smallest absolute Gasteiger partial charge is 0.272 e. The van der Waals surface area contributed by atoms with Crippen molar-refractivity contribution in [3.05, 3.63) is 35.4 Å². The van der Waals surface area contributed by atoms with Crippen LogP contribution < -0.4 is 0 Å². The molecule has 0 unspecified atom stereocenters. The first-order chi connectivity index (χ1) is 11.6. The van der Waals surface area contributed by atoms with E-state index in [1.165, 1.54) is 17.2 Å². The summed E-state index contributed by atoms with van der Waals surface area (Å²) < 4.78 is 1.38. The zero-order valence-electron chi connectivity index (χ0n) is 12.9. The van der Waals surface area contributed by atoms with Crippen molar-refractivity contribution in [3.8, 4) is 0 Å². The molecular formula is C14H16ClN7O2. The number of hydrogen-bond acceptors (Lipinski definition) is 6. The van der Waals surface area contributed by atoms with Gasteiger partial charge in [0.15, 0.2) is 0 Å². The van der Waals surface area contributed by atoms with Gasteiger partial charge >= 0.3 is 0 Å². The van der Waals surface area contributed by atoms with Gasteiger partial charge in [0.25, 0.3) is 5.91 Å². The van der Waals surface area contributed by atoms with Crippen LogP contribution in [0.4, 0.5) is 0 Å². The SMILES string of the molecule is O=C(Cn1cnnn1)N1CCCN(C(=O)c2ccc(Cl)cn2)CC1. The minimum absolute atomic E-state index is 0.0683. The molecule has 1 saturated heterocycles. The molecule has 1 aliphatic heterocycles. The predicted molar refractivity (Wildman–Crippen MR) is 84.2 cm³/mol. The van der Waals surface area contributed by atoms with E-state index in [9.17, 15) is 9.59 Å². The van der Waals surface area contributed by atoms with Crippen molar-refractivity contribution >= 4 is 23.4 Å². The maximum atomic E-state index is 12.5. The summed E-state index contributed by atoms with van der Waals surface area (Å²) in [7, 11) is 0. The van der Waals surface area contributed by atoms with E-state index in [1.54, 1.807) is 21.9 Å². The number of rotatable bonds is 3. The van der Waals surface area contributed by atoms with E-state index < -0.39 is 0 Å². The fourth-order valence-corrected chi connectivity index (χ4v) is 2.64. The van der Waals surface area contributed by atoms with Crippen molar-refractivity contribution in [3.63, 3.8) is 0 Å². The van der Waals surface area contributed by atoms with Crippen LogP contribution in [0.15, 0.2) is 24.7 Å². The van der Waals surface area contributed by atoms with Crippen LogP contribution in [0.5, 0.6) is 0 Å². The average molecular weight is 350 g/mol. The number of pyridine rings is 1. The Morgan fingerprint density at radius 3 is 2.62 bits per heavy atom. The zero-order valence-corrected chi connectivity index (χ0v) is 13.6. The third-order valence-electron chi connectivity index (χ3n) is 3.77. The summed E-state index contributed by atoms with van der Waals surface area (Å²) in [6.45, 7) is 2.21. The summed E-state index contributed by atoms with van der Waals surface area (Å²) in [6, 6.07) is 3.25.